The van der Waals surface area contributed by atoms with Gasteiger partial charge in [-0.3, -0.25) is 0 Å². The van der Waals surface area contributed by atoms with Gasteiger partial charge >= 0.3 is 12.1 Å². The van der Waals surface area contributed by atoms with Crippen molar-refractivity contribution in [2.75, 3.05) is 6.61 Å². The molecule has 2 atom stereocenters. The summed E-state index contributed by atoms with van der Waals surface area (Å²) in [5.74, 6) is 0.627. The van der Waals surface area contributed by atoms with E-state index < -0.39 is 11.7 Å². The van der Waals surface area contributed by atoms with Gasteiger partial charge in [0.15, 0.2) is 5.82 Å². The van der Waals surface area contributed by atoms with Gasteiger partial charge in [-0.2, -0.15) is 13.2 Å². The SMILES string of the molecule is CCOC(=O)c1ccc([C@H]2CCC[C@@H]2c2cnc(-c3ccc(C(F)(F)F)cc3)nc2)cc1. The zero-order valence-electron chi connectivity index (χ0n) is 17.6. The van der Waals surface area contributed by atoms with E-state index in [4.69, 9.17) is 4.74 Å². The van der Waals surface area contributed by atoms with E-state index in [2.05, 4.69) is 9.97 Å². The minimum atomic E-state index is -4.37. The van der Waals surface area contributed by atoms with E-state index in [1.54, 1.807) is 31.5 Å². The fourth-order valence-corrected chi connectivity index (χ4v) is 4.33. The third-order valence-electron chi connectivity index (χ3n) is 5.94. The summed E-state index contributed by atoms with van der Waals surface area (Å²) in [6.07, 6.45) is 2.30. The first kappa shape index (κ1) is 22.0. The topological polar surface area (TPSA) is 52.1 Å². The monoisotopic (exact) mass is 440 g/mol. The van der Waals surface area contributed by atoms with Crippen molar-refractivity contribution in [1.29, 1.82) is 0 Å². The Morgan fingerprint density at radius 1 is 0.938 bits per heavy atom. The maximum absolute atomic E-state index is 12.8. The van der Waals surface area contributed by atoms with Crippen molar-refractivity contribution in [3.8, 4) is 11.4 Å². The van der Waals surface area contributed by atoms with E-state index in [9.17, 15) is 18.0 Å². The maximum atomic E-state index is 12.8. The van der Waals surface area contributed by atoms with Crippen molar-refractivity contribution >= 4 is 5.97 Å². The molecule has 0 N–H and O–H groups in total. The van der Waals surface area contributed by atoms with E-state index >= 15 is 0 Å². The van der Waals surface area contributed by atoms with E-state index in [0.717, 1.165) is 42.5 Å². The Bertz CT molecular complexity index is 1060. The molecule has 0 amide bonds. The molecule has 166 valence electrons. The minimum absolute atomic E-state index is 0.255. The molecule has 0 aliphatic heterocycles. The first-order valence-electron chi connectivity index (χ1n) is 10.6. The van der Waals surface area contributed by atoms with Crippen LogP contribution in [0.3, 0.4) is 0 Å². The van der Waals surface area contributed by atoms with E-state index in [1.807, 2.05) is 12.1 Å². The van der Waals surface area contributed by atoms with Crippen molar-refractivity contribution in [2.45, 2.75) is 44.2 Å². The molecule has 1 aliphatic rings. The number of rotatable bonds is 5. The van der Waals surface area contributed by atoms with Crippen LogP contribution in [-0.2, 0) is 10.9 Å². The summed E-state index contributed by atoms with van der Waals surface area (Å²) in [7, 11) is 0. The zero-order valence-corrected chi connectivity index (χ0v) is 17.6. The molecular formula is C25H23F3N2O2. The number of carbonyl (C=O) groups excluding carboxylic acids is 1. The Kier molecular flexibility index (Phi) is 6.26. The number of halogens is 3. The van der Waals surface area contributed by atoms with Crippen molar-refractivity contribution in [3.05, 3.63) is 83.2 Å². The van der Waals surface area contributed by atoms with Gasteiger partial charge in [0.1, 0.15) is 0 Å². The number of ether oxygens (including phenoxy) is 1. The number of carbonyl (C=O) groups is 1. The molecule has 0 spiro atoms. The molecule has 4 nitrogen and oxygen atoms in total. The van der Waals surface area contributed by atoms with E-state index in [0.29, 0.717) is 29.5 Å². The summed E-state index contributed by atoms with van der Waals surface area (Å²) in [5.41, 5.74) is 2.56. The summed E-state index contributed by atoms with van der Waals surface area (Å²) >= 11 is 0. The minimum Gasteiger partial charge on any atom is -0.462 e. The van der Waals surface area contributed by atoms with Gasteiger partial charge in [-0.1, -0.05) is 30.7 Å². The number of hydrogen-bond donors (Lipinski definition) is 0. The number of hydrogen-bond acceptors (Lipinski definition) is 4. The smallest absolute Gasteiger partial charge is 0.416 e. The molecule has 3 aromatic rings. The van der Waals surface area contributed by atoms with E-state index in [1.165, 1.54) is 12.1 Å². The Morgan fingerprint density at radius 2 is 1.53 bits per heavy atom. The highest BCUT2D eigenvalue weighted by Gasteiger charge is 2.31. The van der Waals surface area contributed by atoms with Crippen LogP contribution in [0.4, 0.5) is 13.2 Å². The van der Waals surface area contributed by atoms with Gasteiger partial charge in [-0.05, 0) is 67.0 Å². The summed E-state index contributed by atoms with van der Waals surface area (Å²) in [5, 5.41) is 0. The van der Waals surface area contributed by atoms with Crippen molar-refractivity contribution in [2.24, 2.45) is 0 Å². The van der Waals surface area contributed by atoms with Crippen LogP contribution in [0, 0.1) is 0 Å². The maximum Gasteiger partial charge on any atom is 0.416 e. The molecule has 32 heavy (non-hydrogen) atoms. The molecule has 1 fully saturated rings. The largest absolute Gasteiger partial charge is 0.462 e. The Balaban J connectivity index is 1.50. The first-order valence-corrected chi connectivity index (χ1v) is 10.6. The van der Waals surface area contributed by atoms with Crippen LogP contribution in [0.2, 0.25) is 0 Å². The molecule has 1 aliphatic carbocycles. The Labute approximate surface area is 184 Å². The predicted octanol–water partition coefficient (Wildman–Crippen LogP) is 6.39. The average Bonchev–Trinajstić information content (AvgIpc) is 3.29. The second-order valence-electron chi connectivity index (χ2n) is 7.90. The second kappa shape index (κ2) is 9.10. The quantitative estimate of drug-likeness (QED) is 0.432. The first-order chi connectivity index (χ1) is 15.4. The van der Waals surface area contributed by atoms with Gasteiger partial charge in [0, 0.05) is 18.0 Å². The van der Waals surface area contributed by atoms with Crippen LogP contribution in [0.25, 0.3) is 11.4 Å². The fraction of sp³-hybridized carbons (Fsp3) is 0.320. The molecule has 0 radical (unpaired) electrons. The predicted molar refractivity (Wildman–Crippen MR) is 114 cm³/mol. The lowest BCUT2D eigenvalue weighted by Gasteiger charge is -2.20. The van der Waals surface area contributed by atoms with Crippen molar-refractivity contribution < 1.29 is 22.7 Å². The second-order valence-corrected chi connectivity index (χ2v) is 7.90. The van der Waals surface area contributed by atoms with Gasteiger partial charge in [0.2, 0.25) is 0 Å². The highest BCUT2D eigenvalue weighted by atomic mass is 19.4. The van der Waals surface area contributed by atoms with Crippen LogP contribution < -0.4 is 0 Å². The highest BCUT2D eigenvalue weighted by molar-refractivity contribution is 5.89. The number of benzene rings is 2. The number of alkyl halides is 3. The lowest BCUT2D eigenvalue weighted by atomic mass is 9.85. The molecule has 1 saturated carbocycles. The van der Waals surface area contributed by atoms with Gasteiger partial charge in [-0.25, -0.2) is 14.8 Å². The van der Waals surface area contributed by atoms with Crippen molar-refractivity contribution in [3.63, 3.8) is 0 Å². The van der Waals surface area contributed by atoms with E-state index in [-0.39, 0.29) is 11.9 Å². The molecule has 0 saturated heterocycles. The third-order valence-corrected chi connectivity index (χ3v) is 5.94. The van der Waals surface area contributed by atoms with Gasteiger partial charge in [0.05, 0.1) is 17.7 Å². The molecule has 2 aromatic carbocycles. The average molecular weight is 440 g/mol. The lowest BCUT2D eigenvalue weighted by molar-refractivity contribution is -0.137. The van der Waals surface area contributed by atoms with Gasteiger partial charge in [-0.15, -0.1) is 0 Å². The van der Waals surface area contributed by atoms with Crippen LogP contribution in [0.15, 0.2) is 60.9 Å². The molecular weight excluding hydrogens is 417 g/mol. The highest BCUT2D eigenvalue weighted by Crippen LogP contribution is 2.45. The van der Waals surface area contributed by atoms with Crippen molar-refractivity contribution in [1.82, 2.24) is 9.97 Å². The Morgan fingerprint density at radius 3 is 2.09 bits per heavy atom. The van der Waals surface area contributed by atoms with Gasteiger partial charge in [0.25, 0.3) is 0 Å². The van der Waals surface area contributed by atoms with Crippen LogP contribution in [0.1, 0.15) is 65.1 Å². The van der Waals surface area contributed by atoms with Crippen LogP contribution in [-0.4, -0.2) is 22.5 Å². The molecule has 4 rings (SSSR count). The summed E-state index contributed by atoms with van der Waals surface area (Å²) in [4.78, 5) is 20.7. The lowest BCUT2D eigenvalue weighted by Crippen LogP contribution is -2.08. The third kappa shape index (κ3) is 4.66. The number of esters is 1. The summed E-state index contributed by atoms with van der Waals surface area (Å²) in [6.45, 7) is 2.12. The van der Waals surface area contributed by atoms with Crippen LogP contribution >= 0.6 is 0 Å². The molecule has 7 heteroatoms. The van der Waals surface area contributed by atoms with Gasteiger partial charge < -0.3 is 4.74 Å². The zero-order chi connectivity index (χ0) is 22.7. The standard InChI is InChI=1S/C25H23F3N2O2/c1-2-32-24(31)18-8-6-16(7-9-18)21-4-3-5-22(21)19-14-29-23(30-15-19)17-10-12-20(13-11-17)25(26,27)28/h6-15,21-22H,2-5H2,1H3/t21-,22-/m1/s1. The fourth-order valence-electron chi connectivity index (χ4n) is 4.33. The molecule has 0 unspecified atom stereocenters. The normalized spacial score (nSPS) is 18.5. The molecule has 0 bridgehead atoms. The molecule has 1 heterocycles. The summed E-state index contributed by atoms with van der Waals surface area (Å²) in [6, 6.07) is 12.4. The Hall–Kier alpha value is -3.22. The number of aromatic nitrogens is 2. The summed E-state index contributed by atoms with van der Waals surface area (Å²) < 4.78 is 43.3. The number of nitrogens with zero attached hydrogens (tertiary/aromatic N) is 2. The van der Waals surface area contributed by atoms with Crippen LogP contribution in [0.5, 0.6) is 0 Å². The molecule has 1 aromatic heterocycles.